The van der Waals surface area contributed by atoms with Gasteiger partial charge in [0, 0.05) is 19.2 Å². The number of nitrogens with one attached hydrogen (secondary N) is 1. The van der Waals surface area contributed by atoms with Gasteiger partial charge in [-0.1, -0.05) is 12.1 Å². The fraction of sp³-hybridized carbons (Fsp3) is 0.385. The van der Waals surface area contributed by atoms with E-state index in [1.807, 2.05) is 5.32 Å². The third-order valence-corrected chi connectivity index (χ3v) is 2.69. The van der Waals surface area contributed by atoms with Crippen LogP contribution in [0.4, 0.5) is 13.2 Å². The molecule has 116 valence electrons. The van der Waals surface area contributed by atoms with Crippen LogP contribution >= 0.6 is 0 Å². The molecule has 2 amide bonds. The van der Waals surface area contributed by atoms with E-state index in [9.17, 15) is 22.8 Å². The molecule has 21 heavy (non-hydrogen) atoms. The van der Waals surface area contributed by atoms with Gasteiger partial charge in [0.2, 0.25) is 11.8 Å². The lowest BCUT2D eigenvalue weighted by Crippen LogP contribution is -2.38. The first-order chi connectivity index (χ1) is 9.69. The van der Waals surface area contributed by atoms with Gasteiger partial charge in [0.15, 0.2) is 0 Å². The molecule has 0 heterocycles. The van der Waals surface area contributed by atoms with Crippen LogP contribution < -0.4 is 11.1 Å². The van der Waals surface area contributed by atoms with E-state index in [-0.39, 0.29) is 6.54 Å². The average Bonchev–Trinajstić information content (AvgIpc) is 2.37. The predicted octanol–water partition coefficient (Wildman–Crippen LogP) is 0.896. The van der Waals surface area contributed by atoms with Gasteiger partial charge in [0.1, 0.15) is 0 Å². The largest absolute Gasteiger partial charge is 0.401 e. The van der Waals surface area contributed by atoms with Gasteiger partial charge in [-0.2, -0.15) is 13.2 Å². The van der Waals surface area contributed by atoms with Gasteiger partial charge in [-0.05, 0) is 17.7 Å². The number of primary amides is 1. The first-order valence-electron chi connectivity index (χ1n) is 6.09. The predicted molar refractivity (Wildman–Crippen MR) is 70.4 cm³/mol. The molecule has 0 atom stereocenters. The number of amides is 2. The monoisotopic (exact) mass is 303 g/mol. The molecule has 0 radical (unpaired) electrons. The van der Waals surface area contributed by atoms with Gasteiger partial charge in [0.25, 0.3) is 0 Å². The lowest BCUT2D eigenvalue weighted by molar-refractivity contribution is -0.133. The van der Waals surface area contributed by atoms with Crippen molar-refractivity contribution in [3.05, 3.63) is 35.4 Å². The van der Waals surface area contributed by atoms with E-state index < -0.39 is 31.1 Å². The van der Waals surface area contributed by atoms with E-state index in [1.54, 1.807) is 12.1 Å². The second kappa shape index (κ2) is 7.07. The van der Waals surface area contributed by atoms with E-state index in [0.29, 0.717) is 5.56 Å². The van der Waals surface area contributed by atoms with Crippen molar-refractivity contribution in [2.24, 2.45) is 5.73 Å². The number of benzene rings is 1. The maximum atomic E-state index is 11.9. The van der Waals surface area contributed by atoms with Crippen molar-refractivity contribution in [2.45, 2.75) is 12.7 Å². The maximum absolute atomic E-state index is 11.9. The quantitative estimate of drug-likeness (QED) is 0.820. The molecule has 0 spiro atoms. The molecule has 0 bridgehead atoms. The van der Waals surface area contributed by atoms with Crippen molar-refractivity contribution in [3.8, 4) is 0 Å². The minimum absolute atomic E-state index is 0.228. The third-order valence-electron chi connectivity index (χ3n) is 2.69. The summed E-state index contributed by atoms with van der Waals surface area (Å²) in [5, 5.41) is 2.04. The number of hydrogen-bond acceptors (Lipinski definition) is 3. The van der Waals surface area contributed by atoms with E-state index in [2.05, 4.69) is 0 Å². The SMILES string of the molecule is CN(Cc1ccc(C(N)=O)cc1)C(=O)CNCC(F)(F)F. The highest BCUT2D eigenvalue weighted by molar-refractivity contribution is 5.92. The molecule has 0 aromatic heterocycles. The Morgan fingerprint density at radius 3 is 2.29 bits per heavy atom. The van der Waals surface area contributed by atoms with Crippen LogP contribution in [0.2, 0.25) is 0 Å². The highest BCUT2D eigenvalue weighted by Gasteiger charge is 2.26. The number of carbonyl (C=O) groups excluding carboxylic acids is 2. The van der Waals surface area contributed by atoms with Crippen molar-refractivity contribution in [2.75, 3.05) is 20.1 Å². The zero-order valence-corrected chi connectivity index (χ0v) is 11.4. The maximum Gasteiger partial charge on any atom is 0.401 e. The van der Waals surface area contributed by atoms with Crippen LogP contribution in [0.3, 0.4) is 0 Å². The van der Waals surface area contributed by atoms with Crippen LogP contribution in [0.25, 0.3) is 0 Å². The summed E-state index contributed by atoms with van der Waals surface area (Å²) < 4.78 is 35.8. The normalized spacial score (nSPS) is 11.2. The fourth-order valence-electron chi connectivity index (χ4n) is 1.58. The summed E-state index contributed by atoms with van der Waals surface area (Å²) in [5.74, 6) is -1.01. The topological polar surface area (TPSA) is 75.4 Å². The summed E-state index contributed by atoms with van der Waals surface area (Å²) in [6.45, 7) is -1.37. The molecule has 0 aliphatic carbocycles. The molecule has 1 aromatic rings. The van der Waals surface area contributed by atoms with Crippen LogP contribution in [-0.4, -0.2) is 43.0 Å². The van der Waals surface area contributed by atoms with Crippen LogP contribution in [-0.2, 0) is 11.3 Å². The van der Waals surface area contributed by atoms with Gasteiger partial charge in [0.05, 0.1) is 13.1 Å². The van der Waals surface area contributed by atoms with Gasteiger partial charge < -0.3 is 16.0 Å². The molecule has 1 aromatic carbocycles. The summed E-state index contributed by atoms with van der Waals surface area (Å²) in [4.78, 5) is 23.8. The lowest BCUT2D eigenvalue weighted by Gasteiger charge is -2.18. The van der Waals surface area contributed by atoms with Crippen LogP contribution in [0.1, 0.15) is 15.9 Å². The number of nitrogens with zero attached hydrogens (tertiary/aromatic N) is 1. The summed E-state index contributed by atoms with van der Waals surface area (Å²) >= 11 is 0. The highest BCUT2D eigenvalue weighted by atomic mass is 19.4. The number of likely N-dealkylation sites (N-methyl/N-ethyl adjacent to an activating group) is 1. The van der Waals surface area contributed by atoms with Gasteiger partial charge in [-0.15, -0.1) is 0 Å². The Morgan fingerprint density at radius 1 is 1.24 bits per heavy atom. The Hall–Kier alpha value is -2.09. The Balaban J connectivity index is 2.46. The molecular weight excluding hydrogens is 287 g/mol. The van der Waals surface area contributed by atoms with Crippen molar-refractivity contribution in [1.82, 2.24) is 10.2 Å². The van der Waals surface area contributed by atoms with Gasteiger partial charge >= 0.3 is 6.18 Å². The van der Waals surface area contributed by atoms with Crippen LogP contribution in [0.15, 0.2) is 24.3 Å². The zero-order chi connectivity index (χ0) is 16.0. The van der Waals surface area contributed by atoms with Crippen LogP contribution in [0.5, 0.6) is 0 Å². The van der Waals surface area contributed by atoms with Crippen molar-refractivity contribution >= 4 is 11.8 Å². The molecule has 8 heteroatoms. The van der Waals surface area contributed by atoms with E-state index in [0.717, 1.165) is 5.56 Å². The van der Waals surface area contributed by atoms with Crippen LogP contribution in [0, 0.1) is 0 Å². The number of alkyl halides is 3. The molecule has 3 N–H and O–H groups in total. The molecule has 1 rings (SSSR count). The molecule has 0 saturated heterocycles. The van der Waals surface area contributed by atoms with E-state index in [1.165, 1.54) is 24.1 Å². The smallest absolute Gasteiger partial charge is 0.366 e. The van der Waals surface area contributed by atoms with E-state index in [4.69, 9.17) is 5.73 Å². The number of halogens is 3. The van der Waals surface area contributed by atoms with E-state index >= 15 is 0 Å². The van der Waals surface area contributed by atoms with Gasteiger partial charge in [-0.25, -0.2) is 0 Å². The number of rotatable bonds is 6. The zero-order valence-electron chi connectivity index (χ0n) is 11.4. The number of hydrogen-bond donors (Lipinski definition) is 2. The second-order valence-corrected chi connectivity index (χ2v) is 4.53. The molecule has 0 aliphatic heterocycles. The standard InChI is InChI=1S/C13H16F3N3O2/c1-19(11(20)6-18-8-13(14,15)16)7-9-2-4-10(5-3-9)12(17)21/h2-5,18H,6-8H2,1H3,(H2,17,21). The summed E-state index contributed by atoms with van der Waals surface area (Å²) in [5.41, 5.74) is 6.19. The highest BCUT2D eigenvalue weighted by Crippen LogP contribution is 2.12. The number of carbonyl (C=O) groups is 2. The summed E-state index contributed by atoms with van der Waals surface area (Å²) in [7, 11) is 1.49. The summed E-state index contributed by atoms with van der Waals surface area (Å²) in [6, 6.07) is 6.32. The van der Waals surface area contributed by atoms with Crippen molar-refractivity contribution in [1.29, 1.82) is 0 Å². The first kappa shape index (κ1) is 17.0. The van der Waals surface area contributed by atoms with Crippen molar-refractivity contribution in [3.63, 3.8) is 0 Å². The van der Waals surface area contributed by atoms with Gasteiger partial charge in [-0.3, -0.25) is 9.59 Å². The average molecular weight is 303 g/mol. The minimum Gasteiger partial charge on any atom is -0.366 e. The van der Waals surface area contributed by atoms with Crippen molar-refractivity contribution < 1.29 is 22.8 Å². The fourth-order valence-corrected chi connectivity index (χ4v) is 1.58. The third kappa shape index (κ3) is 6.26. The molecule has 5 nitrogen and oxygen atoms in total. The lowest BCUT2D eigenvalue weighted by atomic mass is 10.1. The first-order valence-corrected chi connectivity index (χ1v) is 6.09. The summed E-state index contributed by atoms with van der Waals surface area (Å²) in [6.07, 6.45) is -4.34. The Labute approximate surface area is 119 Å². The number of nitrogens with two attached hydrogens (primary N) is 1. The molecule has 0 unspecified atom stereocenters. The molecule has 0 aliphatic rings. The molecule has 0 fully saturated rings. The molecular formula is C13H16F3N3O2. The second-order valence-electron chi connectivity index (χ2n) is 4.53. The Kier molecular flexibility index (Phi) is 5.71. The minimum atomic E-state index is -4.34. The Bertz CT molecular complexity index is 500. The molecule has 0 saturated carbocycles. The Morgan fingerprint density at radius 2 is 1.81 bits per heavy atom.